The third kappa shape index (κ3) is 4.12. The fraction of sp³-hybridized carbons (Fsp3) is 0. The van der Waals surface area contributed by atoms with Gasteiger partial charge in [-0.05, 0) is 90.0 Å². The van der Waals surface area contributed by atoms with Crippen molar-refractivity contribution < 1.29 is 0 Å². The van der Waals surface area contributed by atoms with Gasteiger partial charge >= 0.3 is 0 Å². The van der Waals surface area contributed by atoms with E-state index in [2.05, 4.69) is 202 Å². The molecule has 51 heavy (non-hydrogen) atoms. The van der Waals surface area contributed by atoms with Crippen LogP contribution in [0, 0.1) is 0 Å². The molecule has 0 aliphatic rings. The Bertz CT molecular complexity index is 3120. The van der Waals surface area contributed by atoms with E-state index < -0.39 is 0 Å². The molecule has 0 radical (unpaired) electrons. The molecular weight excluding hydrogens is 619 g/mol. The molecule has 238 valence electrons. The summed E-state index contributed by atoms with van der Waals surface area (Å²) in [7, 11) is 0. The molecule has 11 aromatic rings. The minimum atomic E-state index is 1.15. The van der Waals surface area contributed by atoms with Gasteiger partial charge in [0, 0.05) is 49.4 Å². The van der Waals surface area contributed by atoms with E-state index in [9.17, 15) is 0 Å². The Morgan fingerprint density at radius 1 is 0.216 bits per heavy atom. The highest BCUT2D eigenvalue weighted by Gasteiger charge is 2.19. The number of hydrogen-bond acceptors (Lipinski definition) is 0. The molecule has 0 aliphatic heterocycles. The van der Waals surface area contributed by atoms with Crippen LogP contribution in [0.5, 0.6) is 0 Å². The molecule has 3 aromatic heterocycles. The van der Waals surface area contributed by atoms with Gasteiger partial charge in [-0.3, -0.25) is 0 Å². The molecule has 0 saturated carbocycles. The maximum atomic E-state index is 2.44. The quantitative estimate of drug-likeness (QED) is 0.180. The highest BCUT2D eigenvalue weighted by molar-refractivity contribution is 6.19. The lowest BCUT2D eigenvalue weighted by Gasteiger charge is -2.12. The molecule has 0 atom stereocenters. The van der Waals surface area contributed by atoms with Gasteiger partial charge in [0.05, 0.1) is 33.1 Å². The minimum Gasteiger partial charge on any atom is -0.309 e. The van der Waals surface area contributed by atoms with E-state index in [1.165, 1.54) is 82.2 Å². The predicted octanol–water partition coefficient (Wildman–Crippen LogP) is 12.6. The van der Waals surface area contributed by atoms with Gasteiger partial charge in [0.1, 0.15) is 0 Å². The number of fused-ring (bicyclic) bond motifs is 9. The number of nitrogens with zero attached hydrogens (tertiary/aromatic N) is 3. The van der Waals surface area contributed by atoms with Crippen LogP contribution in [-0.4, -0.2) is 13.7 Å². The van der Waals surface area contributed by atoms with Crippen LogP contribution >= 0.6 is 0 Å². The minimum absolute atomic E-state index is 1.15. The third-order valence-electron chi connectivity index (χ3n) is 10.6. The van der Waals surface area contributed by atoms with Crippen LogP contribution in [0.15, 0.2) is 188 Å². The standard InChI is InChI=1S/C48H31N3/c1-3-15-34(16-4-1)49-43-23-10-7-20-37(43)40-29-33(26-27-46(40)49)32-14-13-19-36(28-32)51-45-25-12-9-22-39(45)42-30-41-38-21-8-11-24-44(38)50(47(41)31-48(42)51)35-17-5-2-6-18-35/h1-31H. The Morgan fingerprint density at radius 3 is 1.20 bits per heavy atom. The zero-order valence-corrected chi connectivity index (χ0v) is 27.7. The molecule has 3 nitrogen and oxygen atoms in total. The Morgan fingerprint density at radius 2 is 0.627 bits per heavy atom. The molecule has 3 heteroatoms. The summed E-state index contributed by atoms with van der Waals surface area (Å²) in [5.41, 5.74) is 13.1. The third-order valence-corrected chi connectivity index (χ3v) is 10.6. The summed E-state index contributed by atoms with van der Waals surface area (Å²) in [5, 5.41) is 7.56. The first-order valence-electron chi connectivity index (χ1n) is 17.5. The van der Waals surface area contributed by atoms with Crippen molar-refractivity contribution in [3.05, 3.63) is 188 Å². The van der Waals surface area contributed by atoms with E-state index in [0.29, 0.717) is 0 Å². The van der Waals surface area contributed by atoms with Gasteiger partial charge in [0.15, 0.2) is 0 Å². The largest absolute Gasteiger partial charge is 0.309 e. The summed E-state index contributed by atoms with van der Waals surface area (Å²) in [6, 6.07) is 68.4. The van der Waals surface area contributed by atoms with Gasteiger partial charge in [-0.15, -0.1) is 0 Å². The van der Waals surface area contributed by atoms with E-state index in [-0.39, 0.29) is 0 Å². The van der Waals surface area contributed by atoms with Crippen LogP contribution in [0.25, 0.3) is 93.6 Å². The zero-order valence-electron chi connectivity index (χ0n) is 27.7. The Labute approximate surface area is 294 Å². The second kappa shape index (κ2) is 10.8. The summed E-state index contributed by atoms with van der Waals surface area (Å²) in [4.78, 5) is 0. The van der Waals surface area contributed by atoms with Gasteiger partial charge in [-0.25, -0.2) is 0 Å². The number of benzene rings is 8. The van der Waals surface area contributed by atoms with Crippen LogP contribution < -0.4 is 0 Å². The second-order valence-corrected chi connectivity index (χ2v) is 13.4. The summed E-state index contributed by atoms with van der Waals surface area (Å²) in [6.07, 6.45) is 0. The molecule has 0 unspecified atom stereocenters. The van der Waals surface area contributed by atoms with Crippen LogP contribution in [0.2, 0.25) is 0 Å². The number of para-hydroxylation sites is 5. The first-order chi connectivity index (χ1) is 25.3. The first kappa shape index (κ1) is 28.0. The normalized spacial score (nSPS) is 11.9. The van der Waals surface area contributed by atoms with Crippen molar-refractivity contribution >= 4 is 65.4 Å². The Kier molecular flexibility index (Phi) is 5.96. The summed E-state index contributed by atoms with van der Waals surface area (Å²) in [6.45, 7) is 0. The maximum Gasteiger partial charge on any atom is 0.0562 e. The topological polar surface area (TPSA) is 14.8 Å². The fourth-order valence-corrected chi connectivity index (χ4v) is 8.40. The monoisotopic (exact) mass is 649 g/mol. The molecule has 8 aromatic carbocycles. The predicted molar refractivity (Wildman–Crippen MR) is 215 cm³/mol. The molecule has 0 aliphatic carbocycles. The molecule has 0 amide bonds. The highest BCUT2D eigenvalue weighted by Crippen LogP contribution is 2.40. The van der Waals surface area contributed by atoms with Gasteiger partial charge in [0.2, 0.25) is 0 Å². The smallest absolute Gasteiger partial charge is 0.0562 e. The van der Waals surface area contributed by atoms with Crippen molar-refractivity contribution in [3.63, 3.8) is 0 Å². The lowest BCUT2D eigenvalue weighted by molar-refractivity contribution is 1.16. The number of aromatic nitrogens is 3. The summed E-state index contributed by atoms with van der Waals surface area (Å²) >= 11 is 0. The average molecular weight is 650 g/mol. The number of hydrogen-bond donors (Lipinski definition) is 0. The molecule has 0 spiro atoms. The zero-order chi connectivity index (χ0) is 33.5. The van der Waals surface area contributed by atoms with Crippen LogP contribution in [-0.2, 0) is 0 Å². The molecule has 0 fully saturated rings. The molecule has 0 N–H and O–H groups in total. The van der Waals surface area contributed by atoms with Gasteiger partial charge in [-0.1, -0.05) is 109 Å². The van der Waals surface area contributed by atoms with Crippen LogP contribution in [0.1, 0.15) is 0 Å². The molecule has 3 heterocycles. The van der Waals surface area contributed by atoms with Crippen molar-refractivity contribution in [2.24, 2.45) is 0 Å². The van der Waals surface area contributed by atoms with E-state index in [4.69, 9.17) is 0 Å². The lowest BCUT2D eigenvalue weighted by atomic mass is 10.0. The molecule has 11 rings (SSSR count). The average Bonchev–Trinajstić information content (AvgIpc) is 3.83. The van der Waals surface area contributed by atoms with Crippen molar-refractivity contribution in [2.75, 3.05) is 0 Å². The van der Waals surface area contributed by atoms with Crippen molar-refractivity contribution in [3.8, 4) is 28.2 Å². The van der Waals surface area contributed by atoms with E-state index in [1.807, 2.05) is 0 Å². The molecule has 0 saturated heterocycles. The molecular formula is C48H31N3. The fourth-order valence-electron chi connectivity index (χ4n) is 8.40. The Hall–Kier alpha value is -6.84. The van der Waals surface area contributed by atoms with Crippen molar-refractivity contribution in [1.29, 1.82) is 0 Å². The summed E-state index contributed by atoms with van der Waals surface area (Å²) < 4.78 is 7.22. The van der Waals surface area contributed by atoms with E-state index >= 15 is 0 Å². The maximum absolute atomic E-state index is 2.44. The number of rotatable bonds is 4. The van der Waals surface area contributed by atoms with Gasteiger partial charge < -0.3 is 13.7 Å². The van der Waals surface area contributed by atoms with E-state index in [0.717, 1.165) is 11.4 Å². The Balaban J connectivity index is 1.14. The van der Waals surface area contributed by atoms with Crippen molar-refractivity contribution in [2.45, 2.75) is 0 Å². The van der Waals surface area contributed by atoms with E-state index in [1.54, 1.807) is 0 Å². The highest BCUT2D eigenvalue weighted by atomic mass is 15.0. The summed E-state index contributed by atoms with van der Waals surface area (Å²) in [5.74, 6) is 0. The van der Waals surface area contributed by atoms with Gasteiger partial charge in [-0.2, -0.15) is 0 Å². The lowest BCUT2D eigenvalue weighted by Crippen LogP contribution is -1.96. The van der Waals surface area contributed by atoms with Crippen molar-refractivity contribution in [1.82, 2.24) is 13.7 Å². The van der Waals surface area contributed by atoms with Crippen LogP contribution in [0.4, 0.5) is 0 Å². The molecule has 0 bridgehead atoms. The van der Waals surface area contributed by atoms with Gasteiger partial charge in [0.25, 0.3) is 0 Å². The SMILES string of the molecule is c1ccc(-n2c3ccccc3c3cc(-c4cccc(-n5c6ccccc6c6cc7c8ccccc8n(-c8ccccc8)c7cc65)c4)ccc32)cc1. The first-order valence-corrected chi connectivity index (χ1v) is 17.5. The second-order valence-electron chi connectivity index (χ2n) is 13.4. The van der Waals surface area contributed by atoms with Crippen LogP contribution in [0.3, 0.4) is 0 Å².